The second kappa shape index (κ2) is 10.2. The molecule has 0 heterocycles. The molecule has 0 aliphatic heterocycles. The van der Waals surface area contributed by atoms with Gasteiger partial charge in [0, 0.05) is 0 Å². The van der Waals surface area contributed by atoms with Crippen LogP contribution < -0.4 is 0 Å². The number of rotatable bonds is 2. The quantitative estimate of drug-likeness (QED) is 0.501. The summed E-state index contributed by atoms with van der Waals surface area (Å²) in [5.41, 5.74) is 0. The topological polar surface area (TPSA) is 0 Å². The van der Waals surface area contributed by atoms with Crippen LogP contribution in [0.2, 0.25) is 9.68 Å². The first kappa shape index (κ1) is 13.8. The van der Waals surface area contributed by atoms with Gasteiger partial charge in [-0.2, -0.15) is 0 Å². The van der Waals surface area contributed by atoms with Crippen molar-refractivity contribution in [3.63, 3.8) is 0 Å². The first-order valence-corrected chi connectivity index (χ1v) is 4.54. The Balaban J connectivity index is 0. The van der Waals surface area contributed by atoms with Crippen LogP contribution in [-0.2, 0) is 0 Å². The normalized spacial score (nSPS) is 12.5. The summed E-state index contributed by atoms with van der Waals surface area (Å²) in [4.78, 5) is 0. The monoisotopic (exact) mass is 128 g/mol. The van der Waals surface area contributed by atoms with Crippen LogP contribution in [0.15, 0.2) is 0 Å². The average molecular weight is 128 g/mol. The molecule has 1 atom stereocenters. The van der Waals surface area contributed by atoms with Gasteiger partial charge in [0.25, 0.3) is 0 Å². The van der Waals surface area contributed by atoms with Gasteiger partial charge in [0.15, 0.2) is 0 Å². The van der Waals surface area contributed by atoms with E-state index in [1.54, 1.807) is 0 Å². The molecule has 2 heteroatoms. The molecule has 0 N–H and O–H groups in total. The molecule has 0 rings (SSSR count). The molecule has 0 radical (unpaired) electrons. The van der Waals surface area contributed by atoms with E-state index >= 15 is 0 Å². The predicted molar refractivity (Wildman–Crippen MR) is 50.9 cm³/mol. The van der Waals surface area contributed by atoms with E-state index in [4.69, 9.17) is 0 Å². The van der Waals surface area contributed by atoms with Gasteiger partial charge in [0.2, 0.25) is 0 Å². The van der Waals surface area contributed by atoms with E-state index in [1.807, 2.05) is 0 Å². The zero-order chi connectivity index (χ0) is 8.57. The Hall–Kier alpha value is 1.19. The minimum atomic E-state index is 0.884. The van der Waals surface area contributed by atoms with Crippen LogP contribution in [0, 0.1) is 5.92 Å². The molecule has 1 unspecified atom stereocenters. The van der Waals surface area contributed by atoms with Crippen molar-refractivity contribution in [2.24, 2.45) is 5.92 Å². The summed E-state index contributed by atoms with van der Waals surface area (Å²) in [6, 6.07) is 0. The van der Waals surface area contributed by atoms with Crippen molar-refractivity contribution in [2.75, 3.05) is 0 Å². The molecular formula is C8H18Li2. The molecule has 0 fully saturated rings. The van der Waals surface area contributed by atoms with Gasteiger partial charge in [-0.05, 0) is 0 Å². The number of hydrogen-bond acceptors (Lipinski definition) is 0. The van der Waals surface area contributed by atoms with Gasteiger partial charge >= 0.3 is 85.1 Å². The molecule has 0 aromatic carbocycles. The fourth-order valence-electron chi connectivity index (χ4n) is 0. The van der Waals surface area contributed by atoms with Crippen LogP contribution in [0.1, 0.15) is 34.1 Å². The fraction of sp³-hybridized carbons (Fsp3) is 1.00. The van der Waals surface area contributed by atoms with Crippen LogP contribution in [0.5, 0.6) is 0 Å². The zero-order valence-corrected chi connectivity index (χ0v) is 8.57. The third kappa shape index (κ3) is 22.9. The van der Waals surface area contributed by atoms with Crippen molar-refractivity contribution in [2.45, 2.75) is 43.8 Å². The van der Waals surface area contributed by atoms with Crippen molar-refractivity contribution in [3.8, 4) is 0 Å². The molecule has 0 aromatic heterocycles. The summed E-state index contributed by atoms with van der Waals surface area (Å²) < 4.78 is 0.884. The van der Waals surface area contributed by atoms with Crippen LogP contribution in [-0.4, -0.2) is 35.4 Å². The number of hydrogen-bond donors (Lipinski definition) is 0. The van der Waals surface area contributed by atoms with Crippen LogP contribution in [0.4, 0.5) is 0 Å². The Morgan fingerprint density at radius 3 is 1.40 bits per heavy atom. The maximum atomic E-state index is 2.22. The van der Waals surface area contributed by atoms with Crippen LogP contribution in [0.3, 0.4) is 0 Å². The van der Waals surface area contributed by atoms with Crippen molar-refractivity contribution >= 4 is 35.4 Å². The second-order valence-electron chi connectivity index (χ2n) is 3.60. The van der Waals surface area contributed by atoms with E-state index in [-0.39, 0.29) is 0 Å². The Bertz CT molecular complexity index is 43.2. The molecule has 0 saturated heterocycles. The van der Waals surface area contributed by atoms with Crippen LogP contribution in [0.25, 0.3) is 0 Å². The SMILES string of the molecule is [Li][CH2]C(C)C.[Li][CH](C)CC. The van der Waals surface area contributed by atoms with Crippen molar-refractivity contribution < 1.29 is 0 Å². The molecule has 0 aliphatic carbocycles. The van der Waals surface area contributed by atoms with Gasteiger partial charge in [-0.15, -0.1) is 0 Å². The maximum absolute atomic E-state index is 2.22. The van der Waals surface area contributed by atoms with Crippen molar-refractivity contribution in [1.82, 2.24) is 0 Å². The fourth-order valence-corrected chi connectivity index (χ4v) is 0. The molecule has 52 valence electrons. The molecule has 0 aliphatic rings. The molecule has 0 amide bonds. The van der Waals surface area contributed by atoms with E-state index in [0.29, 0.717) is 0 Å². The Morgan fingerprint density at radius 1 is 1.20 bits per heavy atom. The molecule has 0 spiro atoms. The first-order chi connectivity index (χ1) is 4.54. The van der Waals surface area contributed by atoms with Gasteiger partial charge in [-0.3, -0.25) is 0 Å². The second-order valence-corrected chi connectivity index (χ2v) is 3.60. The van der Waals surface area contributed by atoms with Gasteiger partial charge in [0.05, 0.1) is 0 Å². The Kier molecular flexibility index (Phi) is 14.0. The summed E-state index contributed by atoms with van der Waals surface area (Å²) in [6.07, 6.45) is 1.31. The Morgan fingerprint density at radius 2 is 1.40 bits per heavy atom. The minimum absolute atomic E-state index is 0.884. The molecular weight excluding hydrogens is 110 g/mol. The molecule has 10 heavy (non-hydrogen) atoms. The van der Waals surface area contributed by atoms with E-state index < -0.39 is 0 Å². The van der Waals surface area contributed by atoms with Crippen molar-refractivity contribution in [1.29, 1.82) is 0 Å². The summed E-state index contributed by atoms with van der Waals surface area (Å²) in [5, 5.41) is 1.31. The van der Waals surface area contributed by atoms with E-state index in [2.05, 4.69) is 63.1 Å². The van der Waals surface area contributed by atoms with Gasteiger partial charge in [-0.1, -0.05) is 0 Å². The predicted octanol–water partition coefficient (Wildman–Crippen LogP) is 2.60. The molecule has 0 aromatic rings. The summed E-state index contributed by atoms with van der Waals surface area (Å²) in [6.45, 7) is 8.87. The van der Waals surface area contributed by atoms with Gasteiger partial charge in [0.1, 0.15) is 0 Å². The standard InChI is InChI=1S/2C4H9.2Li/c1-4(2)3;1-3-4-2;;/h4H,1H2,2-3H3;3H,4H2,1-2H3;;. The third-order valence-corrected chi connectivity index (χ3v) is 1.63. The molecule has 0 saturated carbocycles. The van der Waals surface area contributed by atoms with Crippen molar-refractivity contribution in [3.05, 3.63) is 0 Å². The summed E-state index contributed by atoms with van der Waals surface area (Å²) >= 11 is 4.42. The van der Waals surface area contributed by atoms with Gasteiger partial charge < -0.3 is 0 Å². The summed E-state index contributed by atoms with van der Waals surface area (Å²) in [5.74, 6) is 0.884. The third-order valence-electron chi connectivity index (χ3n) is 1.63. The van der Waals surface area contributed by atoms with Gasteiger partial charge in [-0.25, -0.2) is 0 Å². The zero-order valence-electron chi connectivity index (χ0n) is 8.57. The Labute approximate surface area is 84.9 Å². The van der Waals surface area contributed by atoms with E-state index in [9.17, 15) is 0 Å². The van der Waals surface area contributed by atoms with E-state index in [0.717, 1.165) is 10.5 Å². The molecule has 0 bridgehead atoms. The average Bonchev–Trinajstić information content (AvgIpc) is 1.89. The van der Waals surface area contributed by atoms with Crippen LogP contribution >= 0.6 is 0 Å². The first-order valence-electron chi connectivity index (χ1n) is 4.54. The molecule has 0 nitrogen and oxygen atoms in total. The summed E-state index contributed by atoms with van der Waals surface area (Å²) in [7, 11) is 0. The van der Waals surface area contributed by atoms with E-state index in [1.165, 1.54) is 11.5 Å².